The Bertz CT molecular complexity index is 528. The van der Waals surface area contributed by atoms with Crippen LogP contribution in [0, 0.1) is 6.92 Å². The molecule has 0 unspecified atom stereocenters. The van der Waals surface area contributed by atoms with Crippen molar-refractivity contribution in [2.24, 2.45) is 0 Å². The van der Waals surface area contributed by atoms with E-state index in [9.17, 15) is 9.59 Å². The zero-order valence-corrected chi connectivity index (χ0v) is 13.0. The van der Waals surface area contributed by atoms with Crippen LogP contribution in [-0.4, -0.2) is 30.0 Å². The van der Waals surface area contributed by atoms with Crippen molar-refractivity contribution in [2.45, 2.75) is 58.4 Å². The Morgan fingerprint density at radius 3 is 2.52 bits per heavy atom. The summed E-state index contributed by atoms with van der Waals surface area (Å²) in [7, 11) is 1.36. The Balaban J connectivity index is 2.20. The number of rotatable bonds is 4. The molecule has 1 saturated carbocycles. The van der Waals surface area contributed by atoms with Crippen molar-refractivity contribution in [3.8, 4) is 0 Å². The average molecular weight is 292 g/mol. The van der Waals surface area contributed by atoms with Crippen LogP contribution < -0.4 is 5.32 Å². The predicted molar refractivity (Wildman–Crippen MR) is 80.6 cm³/mol. The molecule has 0 atom stereocenters. The zero-order chi connectivity index (χ0) is 15.4. The average Bonchev–Trinajstić information content (AvgIpc) is 2.84. The van der Waals surface area contributed by atoms with E-state index in [4.69, 9.17) is 4.74 Å². The minimum atomic E-state index is -0.391. The third-order valence-corrected chi connectivity index (χ3v) is 4.24. The van der Waals surface area contributed by atoms with Gasteiger partial charge in [0.1, 0.15) is 5.69 Å². The first-order valence-corrected chi connectivity index (χ1v) is 7.69. The monoisotopic (exact) mass is 292 g/mol. The fourth-order valence-corrected chi connectivity index (χ4v) is 3.03. The van der Waals surface area contributed by atoms with E-state index in [1.165, 1.54) is 26.4 Å². The molecule has 5 nitrogen and oxygen atoms in total. The molecule has 116 valence electrons. The number of nitrogens with one attached hydrogen (secondary N) is 2. The number of methoxy groups -OCH3 is 1. The first-order chi connectivity index (χ1) is 10.1. The van der Waals surface area contributed by atoms with E-state index in [0.29, 0.717) is 23.2 Å². The molecule has 1 amide bonds. The number of ether oxygens (including phenoxy) is 1. The SMILES string of the molecule is CCc1[nH]c(C(=O)NC2CCCCC2)c(C)c1C(=O)OC. The van der Waals surface area contributed by atoms with Crippen LogP contribution in [0.15, 0.2) is 0 Å². The van der Waals surface area contributed by atoms with Crippen LogP contribution in [0.1, 0.15) is 71.1 Å². The summed E-state index contributed by atoms with van der Waals surface area (Å²) in [6.07, 6.45) is 6.32. The molecule has 1 aromatic rings. The molecule has 2 N–H and O–H groups in total. The largest absolute Gasteiger partial charge is 0.465 e. The van der Waals surface area contributed by atoms with E-state index in [-0.39, 0.29) is 11.9 Å². The van der Waals surface area contributed by atoms with Gasteiger partial charge in [-0.3, -0.25) is 4.79 Å². The van der Waals surface area contributed by atoms with Gasteiger partial charge in [-0.1, -0.05) is 26.2 Å². The van der Waals surface area contributed by atoms with Crippen LogP contribution in [-0.2, 0) is 11.2 Å². The predicted octanol–water partition coefficient (Wildman–Crippen LogP) is 2.73. The highest BCUT2D eigenvalue weighted by atomic mass is 16.5. The second-order valence-corrected chi connectivity index (χ2v) is 5.63. The van der Waals surface area contributed by atoms with Crippen LogP contribution in [0.3, 0.4) is 0 Å². The molecule has 21 heavy (non-hydrogen) atoms. The molecule has 0 bridgehead atoms. The number of esters is 1. The number of aromatic amines is 1. The second kappa shape index (κ2) is 6.78. The maximum absolute atomic E-state index is 12.4. The molecule has 5 heteroatoms. The Kier molecular flexibility index (Phi) is 5.04. The number of aryl methyl sites for hydroxylation is 1. The lowest BCUT2D eigenvalue weighted by Gasteiger charge is -2.22. The summed E-state index contributed by atoms with van der Waals surface area (Å²) in [5, 5.41) is 3.08. The summed E-state index contributed by atoms with van der Waals surface area (Å²) in [5.74, 6) is -0.512. The number of amides is 1. The fraction of sp³-hybridized carbons (Fsp3) is 0.625. The Labute approximate surface area is 125 Å². The Hall–Kier alpha value is -1.78. The Morgan fingerprint density at radius 2 is 1.95 bits per heavy atom. The number of H-pyrrole nitrogens is 1. The number of carbonyl (C=O) groups is 2. The summed E-state index contributed by atoms with van der Waals surface area (Å²) in [4.78, 5) is 27.4. The minimum absolute atomic E-state index is 0.121. The van der Waals surface area contributed by atoms with Gasteiger partial charge < -0.3 is 15.0 Å². The van der Waals surface area contributed by atoms with Gasteiger partial charge in [-0.15, -0.1) is 0 Å². The van der Waals surface area contributed by atoms with Gasteiger partial charge in [0.05, 0.1) is 12.7 Å². The number of carbonyl (C=O) groups excluding carboxylic acids is 2. The first-order valence-electron chi connectivity index (χ1n) is 7.69. The molecule has 1 aliphatic rings. The lowest BCUT2D eigenvalue weighted by molar-refractivity contribution is 0.0599. The normalized spacial score (nSPS) is 15.8. The maximum Gasteiger partial charge on any atom is 0.339 e. The molecular formula is C16H24N2O3. The van der Waals surface area contributed by atoms with Crippen molar-refractivity contribution in [2.75, 3.05) is 7.11 Å². The molecule has 1 fully saturated rings. The quantitative estimate of drug-likeness (QED) is 0.838. The highest BCUT2D eigenvalue weighted by Gasteiger charge is 2.25. The van der Waals surface area contributed by atoms with Crippen molar-refractivity contribution < 1.29 is 14.3 Å². The van der Waals surface area contributed by atoms with E-state index in [1.807, 2.05) is 6.92 Å². The Morgan fingerprint density at radius 1 is 1.29 bits per heavy atom. The van der Waals surface area contributed by atoms with Gasteiger partial charge in [-0.05, 0) is 31.7 Å². The fourth-order valence-electron chi connectivity index (χ4n) is 3.03. The van der Waals surface area contributed by atoms with Crippen LogP contribution in [0.25, 0.3) is 0 Å². The first kappa shape index (κ1) is 15.6. The van der Waals surface area contributed by atoms with Gasteiger partial charge in [-0.25, -0.2) is 4.79 Å². The summed E-state index contributed by atoms with van der Waals surface area (Å²) < 4.78 is 4.81. The second-order valence-electron chi connectivity index (χ2n) is 5.63. The molecule has 0 radical (unpaired) electrons. The summed E-state index contributed by atoms with van der Waals surface area (Å²) >= 11 is 0. The number of hydrogen-bond acceptors (Lipinski definition) is 3. The van der Waals surface area contributed by atoms with Gasteiger partial charge in [0.15, 0.2) is 0 Å². The van der Waals surface area contributed by atoms with Crippen LogP contribution in [0.5, 0.6) is 0 Å². The van der Waals surface area contributed by atoms with Gasteiger partial charge in [0.2, 0.25) is 0 Å². The van der Waals surface area contributed by atoms with Crippen molar-refractivity contribution in [3.63, 3.8) is 0 Å². The molecule has 1 aliphatic carbocycles. The van der Waals surface area contributed by atoms with Gasteiger partial charge in [0, 0.05) is 11.7 Å². The highest BCUT2D eigenvalue weighted by Crippen LogP contribution is 2.22. The lowest BCUT2D eigenvalue weighted by Crippen LogP contribution is -2.36. The van der Waals surface area contributed by atoms with Crippen LogP contribution in [0.4, 0.5) is 0 Å². The van der Waals surface area contributed by atoms with Crippen molar-refractivity contribution in [3.05, 3.63) is 22.5 Å². The topological polar surface area (TPSA) is 71.2 Å². The third kappa shape index (κ3) is 3.28. The van der Waals surface area contributed by atoms with Gasteiger partial charge in [-0.2, -0.15) is 0 Å². The summed E-state index contributed by atoms with van der Waals surface area (Å²) in [6, 6.07) is 0.251. The standard InChI is InChI=1S/C16H24N2O3/c1-4-12-13(16(20)21-3)10(2)14(18-12)15(19)17-11-8-6-5-7-9-11/h11,18H,4-9H2,1-3H3,(H,17,19). The number of aromatic nitrogens is 1. The number of hydrogen-bond donors (Lipinski definition) is 2. The molecule has 0 spiro atoms. The molecule has 1 heterocycles. The minimum Gasteiger partial charge on any atom is -0.465 e. The highest BCUT2D eigenvalue weighted by molar-refractivity contribution is 6.00. The molecule has 0 saturated heterocycles. The third-order valence-electron chi connectivity index (χ3n) is 4.24. The molecule has 0 aliphatic heterocycles. The van der Waals surface area contributed by atoms with E-state index in [1.54, 1.807) is 6.92 Å². The summed E-state index contributed by atoms with van der Waals surface area (Å²) in [5.41, 5.74) is 2.41. The van der Waals surface area contributed by atoms with E-state index < -0.39 is 5.97 Å². The van der Waals surface area contributed by atoms with Crippen molar-refractivity contribution in [1.82, 2.24) is 10.3 Å². The van der Waals surface area contributed by atoms with E-state index >= 15 is 0 Å². The van der Waals surface area contributed by atoms with Gasteiger partial charge in [0.25, 0.3) is 5.91 Å². The zero-order valence-electron chi connectivity index (χ0n) is 13.0. The summed E-state index contributed by atoms with van der Waals surface area (Å²) in [6.45, 7) is 3.73. The molecular weight excluding hydrogens is 268 g/mol. The van der Waals surface area contributed by atoms with Gasteiger partial charge >= 0.3 is 5.97 Å². The van der Waals surface area contributed by atoms with Crippen LogP contribution >= 0.6 is 0 Å². The molecule has 1 aromatic heterocycles. The lowest BCUT2D eigenvalue weighted by atomic mass is 9.95. The van der Waals surface area contributed by atoms with E-state index in [2.05, 4.69) is 10.3 Å². The van der Waals surface area contributed by atoms with Crippen LogP contribution in [0.2, 0.25) is 0 Å². The smallest absolute Gasteiger partial charge is 0.339 e. The van der Waals surface area contributed by atoms with Crippen molar-refractivity contribution in [1.29, 1.82) is 0 Å². The molecule has 0 aromatic carbocycles. The molecule has 2 rings (SSSR count). The maximum atomic E-state index is 12.4. The van der Waals surface area contributed by atoms with Crippen molar-refractivity contribution >= 4 is 11.9 Å². The van der Waals surface area contributed by atoms with E-state index in [0.717, 1.165) is 18.5 Å².